The van der Waals surface area contributed by atoms with Crippen LogP contribution in [0.3, 0.4) is 0 Å². The zero-order chi connectivity index (χ0) is 29.6. The molecule has 40 heavy (non-hydrogen) atoms. The standard InChI is InChI=1S/C19H18F4N2O5S.C7H9NS/c1-18(2,19(21,22)23)30-17(26)24-13-5-8-16-15(11-13)25(9-10-29-16)31(27,28)14-6-3-12(20)4-7-14;1-8-9-7-5-3-2-4-6-7/h3-8,11H,9-10H2,1-2H3,(H,24,26);2-6,8H,1H3. The third-order valence-corrected chi connectivity index (χ3v) is 7.96. The monoisotopic (exact) mass is 601 g/mol. The van der Waals surface area contributed by atoms with Gasteiger partial charge in [0.2, 0.25) is 5.60 Å². The van der Waals surface area contributed by atoms with Gasteiger partial charge in [-0.15, -0.1) is 0 Å². The summed E-state index contributed by atoms with van der Waals surface area (Å²) in [5, 5.41) is 2.15. The van der Waals surface area contributed by atoms with Crippen LogP contribution >= 0.6 is 11.9 Å². The highest BCUT2D eigenvalue weighted by Gasteiger charge is 2.51. The molecule has 0 spiro atoms. The van der Waals surface area contributed by atoms with E-state index in [2.05, 4.69) is 26.9 Å². The highest BCUT2D eigenvalue weighted by Crippen LogP contribution is 2.38. The molecule has 0 atom stereocenters. The van der Waals surface area contributed by atoms with E-state index in [9.17, 15) is 30.8 Å². The summed E-state index contributed by atoms with van der Waals surface area (Å²) in [7, 11) is -2.18. The zero-order valence-corrected chi connectivity index (χ0v) is 23.3. The molecule has 0 unspecified atom stereocenters. The average Bonchev–Trinajstić information content (AvgIpc) is 2.89. The van der Waals surface area contributed by atoms with Crippen molar-refractivity contribution in [2.24, 2.45) is 0 Å². The first-order chi connectivity index (χ1) is 18.7. The summed E-state index contributed by atoms with van der Waals surface area (Å²) < 4.78 is 91.8. The molecule has 0 fully saturated rings. The number of sulfonamides is 1. The Hall–Kier alpha value is -3.49. The summed E-state index contributed by atoms with van der Waals surface area (Å²) in [4.78, 5) is 13.0. The molecule has 3 aromatic rings. The van der Waals surface area contributed by atoms with Gasteiger partial charge in [-0.1, -0.05) is 18.2 Å². The molecule has 216 valence electrons. The van der Waals surface area contributed by atoms with Gasteiger partial charge in [0.15, 0.2) is 0 Å². The van der Waals surface area contributed by atoms with Crippen molar-refractivity contribution in [3.63, 3.8) is 0 Å². The lowest BCUT2D eigenvalue weighted by Gasteiger charge is -2.31. The molecule has 3 aromatic carbocycles. The second kappa shape index (κ2) is 12.8. The number of carbonyl (C=O) groups is 1. The molecule has 0 radical (unpaired) electrons. The van der Waals surface area contributed by atoms with Gasteiger partial charge in [0, 0.05) is 10.6 Å². The van der Waals surface area contributed by atoms with Crippen molar-refractivity contribution in [1.29, 1.82) is 0 Å². The van der Waals surface area contributed by atoms with Crippen LogP contribution in [0.1, 0.15) is 13.8 Å². The van der Waals surface area contributed by atoms with Gasteiger partial charge in [0.1, 0.15) is 18.2 Å². The van der Waals surface area contributed by atoms with Crippen LogP contribution in [0, 0.1) is 5.82 Å². The van der Waals surface area contributed by atoms with Crippen LogP contribution in [0.5, 0.6) is 5.75 Å². The first-order valence-electron chi connectivity index (χ1n) is 11.7. The number of alkyl halides is 3. The molecule has 2 N–H and O–H groups in total. The van der Waals surface area contributed by atoms with Gasteiger partial charge in [-0.3, -0.25) is 14.3 Å². The summed E-state index contributed by atoms with van der Waals surface area (Å²) in [6, 6.07) is 18.4. The number of hydrogen-bond acceptors (Lipinski definition) is 7. The van der Waals surface area contributed by atoms with Crippen LogP contribution in [0.15, 0.2) is 82.6 Å². The number of rotatable bonds is 6. The van der Waals surface area contributed by atoms with Gasteiger partial charge in [-0.25, -0.2) is 17.6 Å². The van der Waals surface area contributed by atoms with Crippen LogP contribution < -0.4 is 19.1 Å². The molecule has 14 heteroatoms. The summed E-state index contributed by atoms with van der Waals surface area (Å²) in [5.41, 5.74) is -2.68. The lowest BCUT2D eigenvalue weighted by Crippen LogP contribution is -2.44. The van der Waals surface area contributed by atoms with Crippen molar-refractivity contribution in [3.05, 3.63) is 78.6 Å². The Bertz CT molecular complexity index is 1400. The fourth-order valence-corrected chi connectivity index (χ4v) is 5.27. The number of amides is 1. The molecule has 0 aromatic heterocycles. The second-order valence-corrected chi connectivity index (χ2v) is 11.6. The minimum Gasteiger partial charge on any atom is -0.489 e. The van der Waals surface area contributed by atoms with Gasteiger partial charge in [0.05, 0.1) is 17.1 Å². The Morgan fingerprint density at radius 2 is 1.68 bits per heavy atom. The molecule has 1 aliphatic heterocycles. The third-order valence-electron chi connectivity index (χ3n) is 5.42. The first-order valence-corrected chi connectivity index (χ1v) is 14.0. The second-order valence-electron chi connectivity index (χ2n) is 8.70. The quantitative estimate of drug-likeness (QED) is 0.256. The van der Waals surface area contributed by atoms with Crippen molar-refractivity contribution in [3.8, 4) is 5.75 Å². The van der Waals surface area contributed by atoms with Crippen molar-refractivity contribution < 1.29 is 40.2 Å². The van der Waals surface area contributed by atoms with Gasteiger partial charge in [-0.2, -0.15) is 13.2 Å². The number of anilines is 2. The SMILES string of the molecule is CC(C)(OC(=O)Nc1ccc2c(c1)N(S(=O)(=O)c1ccc(F)cc1)CCO2)C(F)(F)F.CNSc1ccccc1. The molecule has 1 heterocycles. The molecule has 0 bridgehead atoms. The number of nitrogens with zero attached hydrogens (tertiary/aromatic N) is 1. The lowest BCUT2D eigenvalue weighted by molar-refractivity contribution is -0.242. The number of benzene rings is 3. The molecule has 0 saturated heterocycles. The van der Waals surface area contributed by atoms with Gasteiger partial charge < -0.3 is 9.47 Å². The fourth-order valence-electron chi connectivity index (χ4n) is 3.29. The topological polar surface area (TPSA) is 97.0 Å². The van der Waals surface area contributed by atoms with Crippen LogP contribution in [0.25, 0.3) is 0 Å². The number of carbonyl (C=O) groups excluding carboxylic acids is 1. The fraction of sp³-hybridized carbons (Fsp3) is 0.269. The maximum atomic E-state index is 13.2. The van der Waals surface area contributed by atoms with Crippen LogP contribution in [0.2, 0.25) is 0 Å². The third kappa shape index (κ3) is 7.79. The van der Waals surface area contributed by atoms with E-state index in [0.29, 0.717) is 13.8 Å². The minimum absolute atomic E-state index is 0.00784. The zero-order valence-electron chi connectivity index (χ0n) is 21.7. The molecular formula is C26H27F4N3O5S2. The van der Waals surface area contributed by atoms with Crippen LogP contribution in [0.4, 0.5) is 33.7 Å². The van der Waals surface area contributed by atoms with E-state index >= 15 is 0 Å². The first kappa shape index (κ1) is 31.0. The molecule has 4 rings (SSSR count). The Balaban J connectivity index is 0.000000415. The minimum atomic E-state index is -4.78. The number of hydrogen-bond donors (Lipinski definition) is 2. The molecule has 1 amide bonds. The molecule has 0 saturated carbocycles. The molecule has 8 nitrogen and oxygen atoms in total. The maximum absolute atomic E-state index is 13.2. The van der Waals surface area contributed by atoms with Crippen molar-refractivity contribution in [1.82, 2.24) is 4.72 Å². The van der Waals surface area contributed by atoms with Gasteiger partial charge in [0.25, 0.3) is 10.0 Å². The van der Waals surface area contributed by atoms with Crippen molar-refractivity contribution >= 4 is 39.4 Å². The average molecular weight is 602 g/mol. The normalized spacial score (nSPS) is 13.3. The van der Waals surface area contributed by atoms with E-state index in [1.807, 2.05) is 25.2 Å². The number of ether oxygens (including phenoxy) is 2. The summed E-state index contributed by atoms with van der Waals surface area (Å²) in [5.74, 6) is -0.417. The highest BCUT2D eigenvalue weighted by molar-refractivity contribution is 7.97. The van der Waals surface area contributed by atoms with Crippen molar-refractivity contribution in [2.75, 3.05) is 29.8 Å². The molecule has 0 aliphatic carbocycles. The van der Waals surface area contributed by atoms with Crippen molar-refractivity contribution in [2.45, 2.75) is 35.4 Å². The Morgan fingerprint density at radius 1 is 1.02 bits per heavy atom. The maximum Gasteiger partial charge on any atom is 0.427 e. The van der Waals surface area contributed by atoms with Gasteiger partial charge >= 0.3 is 12.3 Å². The Kier molecular flexibility index (Phi) is 9.92. The van der Waals surface area contributed by atoms with E-state index in [4.69, 9.17) is 4.74 Å². The Morgan fingerprint density at radius 3 is 2.27 bits per heavy atom. The molecular weight excluding hydrogens is 574 g/mol. The Labute approximate surface area is 233 Å². The predicted molar refractivity (Wildman–Crippen MR) is 144 cm³/mol. The van der Waals surface area contributed by atoms with E-state index in [-0.39, 0.29) is 35.2 Å². The summed E-state index contributed by atoms with van der Waals surface area (Å²) in [6.07, 6.45) is -6.15. The number of halogens is 4. The molecule has 1 aliphatic rings. The predicted octanol–water partition coefficient (Wildman–Crippen LogP) is 6.22. The summed E-state index contributed by atoms with van der Waals surface area (Å²) in [6.45, 7) is 1.37. The van der Waals surface area contributed by atoms with E-state index in [1.54, 1.807) is 11.9 Å². The smallest absolute Gasteiger partial charge is 0.427 e. The number of fused-ring (bicyclic) bond motifs is 1. The van der Waals surface area contributed by atoms with Gasteiger partial charge in [-0.05, 0) is 87.4 Å². The largest absolute Gasteiger partial charge is 0.489 e. The van der Waals surface area contributed by atoms with E-state index < -0.39 is 33.7 Å². The number of nitrogens with one attached hydrogen (secondary N) is 2. The van der Waals surface area contributed by atoms with E-state index in [1.165, 1.54) is 23.1 Å². The van der Waals surface area contributed by atoms with Crippen LogP contribution in [-0.4, -0.2) is 46.5 Å². The summed E-state index contributed by atoms with van der Waals surface area (Å²) >= 11 is 1.63. The van der Waals surface area contributed by atoms with Crippen LogP contribution in [-0.2, 0) is 14.8 Å². The van der Waals surface area contributed by atoms with E-state index in [0.717, 1.165) is 28.6 Å². The highest BCUT2D eigenvalue weighted by atomic mass is 32.2. The lowest BCUT2D eigenvalue weighted by atomic mass is 10.1.